The summed E-state index contributed by atoms with van der Waals surface area (Å²) in [6.45, 7) is 0. The van der Waals surface area contributed by atoms with Gasteiger partial charge in [-0.25, -0.2) is 8.78 Å². The average molecular weight is 278 g/mol. The van der Waals surface area contributed by atoms with E-state index in [2.05, 4.69) is 15.9 Å². The first kappa shape index (κ1) is 9.86. The second-order valence-electron chi connectivity index (χ2n) is 2.80. The minimum Gasteiger partial charge on any atom is -0.397 e. The first-order valence-electron chi connectivity index (χ1n) is 3.86. The van der Waals surface area contributed by atoms with E-state index in [9.17, 15) is 8.78 Å². The normalized spacial score (nSPS) is 11.4. The molecule has 0 amide bonds. The maximum atomic E-state index is 12.5. The van der Waals surface area contributed by atoms with E-state index in [-0.39, 0.29) is 10.6 Å². The van der Waals surface area contributed by atoms with Crippen LogP contribution in [0, 0.1) is 0 Å². The molecule has 74 valence electrons. The zero-order valence-corrected chi connectivity index (χ0v) is 9.33. The van der Waals surface area contributed by atoms with Crippen LogP contribution >= 0.6 is 27.3 Å². The fourth-order valence-corrected chi connectivity index (χ4v) is 2.88. The van der Waals surface area contributed by atoms with Crippen LogP contribution in [0.15, 0.2) is 22.7 Å². The van der Waals surface area contributed by atoms with E-state index in [1.807, 2.05) is 6.07 Å². The van der Waals surface area contributed by atoms with Crippen molar-refractivity contribution in [2.75, 3.05) is 5.73 Å². The molecule has 14 heavy (non-hydrogen) atoms. The minimum absolute atomic E-state index is 0.0492. The Morgan fingerprint density at radius 2 is 2.07 bits per heavy atom. The summed E-state index contributed by atoms with van der Waals surface area (Å²) in [6, 6.07) is 5.34. The van der Waals surface area contributed by atoms with Crippen LogP contribution < -0.4 is 5.73 Å². The lowest BCUT2D eigenvalue weighted by molar-refractivity contribution is 0.156. The molecule has 0 aliphatic rings. The van der Waals surface area contributed by atoms with Gasteiger partial charge in [0.25, 0.3) is 6.43 Å². The van der Waals surface area contributed by atoms with E-state index >= 15 is 0 Å². The Bertz CT molecular complexity index is 481. The van der Waals surface area contributed by atoms with Crippen molar-refractivity contribution < 1.29 is 8.78 Å². The SMILES string of the molecule is Nc1c(C(F)F)sc2c(Br)cccc12. The second-order valence-corrected chi connectivity index (χ2v) is 4.70. The minimum atomic E-state index is -2.50. The molecule has 1 heterocycles. The molecular formula is C9H6BrF2NS. The van der Waals surface area contributed by atoms with Crippen LogP contribution in [-0.2, 0) is 0 Å². The average Bonchev–Trinajstić information content (AvgIpc) is 2.46. The van der Waals surface area contributed by atoms with Crippen molar-refractivity contribution >= 4 is 43.0 Å². The third-order valence-corrected chi connectivity index (χ3v) is 4.12. The van der Waals surface area contributed by atoms with Crippen LogP contribution in [0.4, 0.5) is 14.5 Å². The van der Waals surface area contributed by atoms with Gasteiger partial charge in [-0.05, 0) is 22.0 Å². The summed E-state index contributed by atoms with van der Waals surface area (Å²) in [5, 5.41) is 0.694. The summed E-state index contributed by atoms with van der Waals surface area (Å²) in [7, 11) is 0. The standard InChI is InChI=1S/C9H6BrF2NS/c10-5-3-1-2-4-6(13)8(9(11)12)14-7(4)5/h1-3,9H,13H2. The number of halogens is 3. The summed E-state index contributed by atoms with van der Waals surface area (Å²) in [6.07, 6.45) is -2.50. The largest absolute Gasteiger partial charge is 0.397 e. The van der Waals surface area contributed by atoms with Gasteiger partial charge in [0.2, 0.25) is 0 Å². The van der Waals surface area contributed by atoms with E-state index in [4.69, 9.17) is 5.73 Å². The van der Waals surface area contributed by atoms with Gasteiger partial charge in [-0.1, -0.05) is 12.1 Å². The fourth-order valence-electron chi connectivity index (χ4n) is 1.28. The molecule has 0 atom stereocenters. The molecule has 0 fully saturated rings. The molecule has 0 saturated heterocycles. The Morgan fingerprint density at radius 1 is 1.36 bits per heavy atom. The number of nitrogens with two attached hydrogens (primary N) is 1. The zero-order valence-electron chi connectivity index (χ0n) is 6.93. The molecule has 2 aromatic rings. The number of fused-ring (bicyclic) bond motifs is 1. The lowest BCUT2D eigenvalue weighted by Gasteiger charge is -1.95. The van der Waals surface area contributed by atoms with Crippen LogP contribution in [0.25, 0.3) is 10.1 Å². The van der Waals surface area contributed by atoms with Crippen LogP contribution in [0.5, 0.6) is 0 Å². The third kappa shape index (κ3) is 1.40. The Kier molecular flexibility index (Phi) is 2.45. The first-order valence-corrected chi connectivity index (χ1v) is 5.46. The van der Waals surface area contributed by atoms with Crippen LogP contribution in [-0.4, -0.2) is 0 Å². The van der Waals surface area contributed by atoms with Gasteiger partial charge in [-0.3, -0.25) is 0 Å². The van der Waals surface area contributed by atoms with Gasteiger partial charge in [0.15, 0.2) is 0 Å². The molecule has 2 rings (SSSR count). The number of thiophene rings is 1. The summed E-state index contributed by atoms with van der Waals surface area (Å²) < 4.78 is 26.6. The molecule has 1 aromatic carbocycles. The number of hydrogen-bond acceptors (Lipinski definition) is 2. The van der Waals surface area contributed by atoms with E-state index < -0.39 is 6.43 Å². The lowest BCUT2D eigenvalue weighted by atomic mass is 10.2. The van der Waals surface area contributed by atoms with Gasteiger partial charge < -0.3 is 5.73 Å². The Balaban J connectivity index is 2.80. The Morgan fingerprint density at radius 3 is 2.64 bits per heavy atom. The van der Waals surface area contributed by atoms with Crippen molar-refractivity contribution in [2.24, 2.45) is 0 Å². The van der Waals surface area contributed by atoms with Crippen LogP contribution in [0.1, 0.15) is 11.3 Å². The first-order chi connectivity index (χ1) is 6.61. The molecule has 0 unspecified atom stereocenters. The Labute approximate surface area is 91.7 Å². The van der Waals surface area contributed by atoms with Crippen LogP contribution in [0.2, 0.25) is 0 Å². The van der Waals surface area contributed by atoms with Crippen molar-refractivity contribution in [3.05, 3.63) is 27.5 Å². The van der Waals surface area contributed by atoms with Gasteiger partial charge in [-0.2, -0.15) is 0 Å². The monoisotopic (exact) mass is 277 g/mol. The predicted octanol–water partition coefficient (Wildman–Crippen LogP) is 4.18. The maximum absolute atomic E-state index is 12.5. The van der Waals surface area contributed by atoms with E-state index in [0.717, 1.165) is 20.5 Å². The highest BCUT2D eigenvalue weighted by atomic mass is 79.9. The van der Waals surface area contributed by atoms with Crippen molar-refractivity contribution in [1.82, 2.24) is 0 Å². The van der Waals surface area contributed by atoms with Gasteiger partial charge in [0.05, 0.1) is 15.3 Å². The fraction of sp³-hybridized carbons (Fsp3) is 0.111. The smallest absolute Gasteiger partial charge is 0.274 e. The van der Waals surface area contributed by atoms with Crippen molar-refractivity contribution in [1.29, 1.82) is 0 Å². The molecule has 5 heteroatoms. The second kappa shape index (κ2) is 3.47. The molecule has 0 radical (unpaired) electrons. The number of alkyl halides is 2. The number of nitrogen functional groups attached to an aromatic ring is 1. The van der Waals surface area contributed by atoms with E-state index in [1.54, 1.807) is 12.1 Å². The predicted molar refractivity (Wildman–Crippen MR) is 58.9 cm³/mol. The summed E-state index contributed by atoms with van der Waals surface area (Å²) >= 11 is 4.34. The summed E-state index contributed by atoms with van der Waals surface area (Å²) in [5.41, 5.74) is 5.81. The molecule has 2 N–H and O–H groups in total. The van der Waals surface area contributed by atoms with E-state index in [1.165, 1.54) is 0 Å². The summed E-state index contributed by atoms with van der Waals surface area (Å²) in [4.78, 5) is -0.0492. The maximum Gasteiger partial charge on any atom is 0.274 e. The van der Waals surface area contributed by atoms with E-state index in [0.29, 0.717) is 5.39 Å². The molecule has 0 spiro atoms. The van der Waals surface area contributed by atoms with Gasteiger partial charge in [0, 0.05) is 9.86 Å². The van der Waals surface area contributed by atoms with Gasteiger partial charge >= 0.3 is 0 Å². The molecule has 1 aromatic heterocycles. The quantitative estimate of drug-likeness (QED) is 0.831. The van der Waals surface area contributed by atoms with Crippen molar-refractivity contribution in [2.45, 2.75) is 6.43 Å². The van der Waals surface area contributed by atoms with Gasteiger partial charge in [0.1, 0.15) is 0 Å². The molecular weight excluding hydrogens is 272 g/mol. The number of hydrogen-bond donors (Lipinski definition) is 1. The highest BCUT2D eigenvalue weighted by molar-refractivity contribution is 9.10. The Hall–Kier alpha value is -0.680. The zero-order chi connectivity index (χ0) is 10.3. The molecule has 0 bridgehead atoms. The molecule has 0 saturated carbocycles. The van der Waals surface area contributed by atoms with Crippen molar-refractivity contribution in [3.63, 3.8) is 0 Å². The molecule has 1 nitrogen and oxygen atoms in total. The number of anilines is 1. The molecule has 0 aliphatic heterocycles. The number of rotatable bonds is 1. The molecule has 0 aliphatic carbocycles. The topological polar surface area (TPSA) is 26.0 Å². The highest BCUT2D eigenvalue weighted by Crippen LogP contribution is 2.42. The lowest BCUT2D eigenvalue weighted by Crippen LogP contribution is -1.88. The summed E-state index contributed by atoms with van der Waals surface area (Å²) in [5.74, 6) is 0. The van der Waals surface area contributed by atoms with Gasteiger partial charge in [-0.15, -0.1) is 11.3 Å². The van der Waals surface area contributed by atoms with Crippen molar-refractivity contribution in [3.8, 4) is 0 Å². The third-order valence-electron chi connectivity index (χ3n) is 1.93. The highest BCUT2D eigenvalue weighted by Gasteiger charge is 2.18. The van der Waals surface area contributed by atoms with Crippen LogP contribution in [0.3, 0.4) is 0 Å². The number of benzene rings is 1.